The van der Waals surface area contributed by atoms with E-state index in [9.17, 15) is 0 Å². The van der Waals surface area contributed by atoms with Gasteiger partial charge in [-0.3, -0.25) is 4.98 Å². The molecule has 0 atom stereocenters. The zero-order chi connectivity index (χ0) is 32.0. The number of pyridine rings is 1. The summed E-state index contributed by atoms with van der Waals surface area (Å²) < 4.78 is 32.5. The van der Waals surface area contributed by atoms with Crippen LogP contribution in [0, 0.1) is 19.0 Å². The fourth-order valence-electron chi connectivity index (χ4n) is 5.46. The summed E-state index contributed by atoms with van der Waals surface area (Å²) in [6.07, 6.45) is 1.39. The molecule has 9 aromatic rings. The molecule has 5 aromatic carbocycles. The van der Waals surface area contributed by atoms with Crippen molar-refractivity contribution in [3.63, 3.8) is 0 Å². The van der Waals surface area contributed by atoms with Crippen LogP contribution in [0.25, 0.3) is 70.7 Å². The third kappa shape index (κ3) is 5.38. The average Bonchev–Trinajstić information content (AvgIpc) is 3.82. The van der Waals surface area contributed by atoms with Gasteiger partial charge in [0.25, 0.3) is 0 Å². The number of thiophene rings is 1. The monoisotopic (exact) mass is 779 g/mol. The maximum absolute atomic E-state index is 7.23. The van der Waals surface area contributed by atoms with Crippen LogP contribution in [0.1, 0.15) is 9.68 Å². The molecule has 0 saturated carbocycles. The first kappa shape index (κ1) is 25.5. The fraction of sp³-hybridized carbons (Fsp3) is 0.0256. The van der Waals surface area contributed by atoms with E-state index in [1.165, 1.54) is 26.4 Å². The van der Waals surface area contributed by atoms with Crippen molar-refractivity contribution >= 4 is 53.5 Å². The molecule has 6 heteroatoms. The van der Waals surface area contributed by atoms with E-state index in [4.69, 9.17) is 13.5 Å². The number of hydrogen-bond acceptors (Lipinski definition) is 4. The molecule has 0 N–H and O–H groups in total. The van der Waals surface area contributed by atoms with Gasteiger partial charge in [-0.15, -0.1) is 54.1 Å². The van der Waals surface area contributed by atoms with E-state index < -0.39 is 6.85 Å². The van der Waals surface area contributed by atoms with Crippen molar-refractivity contribution in [2.75, 3.05) is 0 Å². The quantitative estimate of drug-likeness (QED) is 0.168. The number of rotatable bonds is 3. The van der Waals surface area contributed by atoms with E-state index in [1.54, 1.807) is 29.5 Å². The summed E-state index contributed by atoms with van der Waals surface area (Å²) in [6, 6.07) is 48.3. The number of nitrogens with zero attached hydrogens (tertiary/aromatic N) is 3. The van der Waals surface area contributed by atoms with Crippen LogP contribution in [0.15, 0.2) is 138 Å². The van der Waals surface area contributed by atoms with E-state index in [-0.39, 0.29) is 25.7 Å². The first-order valence-electron chi connectivity index (χ1n) is 15.7. The Morgan fingerprint density at radius 2 is 1.64 bits per heavy atom. The van der Waals surface area contributed by atoms with Crippen molar-refractivity contribution in [1.29, 1.82) is 0 Å². The van der Waals surface area contributed by atoms with Gasteiger partial charge in [0, 0.05) is 46.6 Å². The van der Waals surface area contributed by atoms with Gasteiger partial charge >= 0.3 is 0 Å². The molecule has 1 radical (unpaired) electrons. The van der Waals surface area contributed by atoms with Crippen molar-refractivity contribution in [3.05, 3.63) is 151 Å². The SMILES string of the molecule is [2H]C([2H])([2H])c1ccc(-c2[c-]cccc2)nc1.[Ir].[c-]1ccc2c(sc3ccccc32)c1-c1nc2ccccc2n1-c1cc2ccccc2o1. The predicted octanol–water partition coefficient (Wildman–Crippen LogP) is 10.5. The van der Waals surface area contributed by atoms with E-state index in [0.717, 1.165) is 50.5 Å². The Morgan fingerprint density at radius 3 is 2.49 bits per heavy atom. The molecule has 0 fully saturated rings. The molecule has 0 bridgehead atoms. The minimum atomic E-state index is -2.09. The number of benzene rings is 5. The van der Waals surface area contributed by atoms with Crippen LogP contribution >= 0.6 is 11.3 Å². The van der Waals surface area contributed by atoms with Gasteiger partial charge < -0.3 is 14.0 Å². The van der Waals surface area contributed by atoms with Crippen LogP contribution in [-0.4, -0.2) is 14.5 Å². The van der Waals surface area contributed by atoms with Crippen LogP contribution in [0.2, 0.25) is 0 Å². The minimum Gasteiger partial charge on any atom is -0.441 e. The van der Waals surface area contributed by atoms with Crippen molar-refractivity contribution in [2.24, 2.45) is 0 Å². The van der Waals surface area contributed by atoms with Crippen molar-refractivity contribution < 1.29 is 28.6 Å². The Kier molecular flexibility index (Phi) is 6.93. The van der Waals surface area contributed by atoms with Gasteiger partial charge in [-0.1, -0.05) is 71.6 Å². The number of aryl methyl sites for hydroxylation is 1. The molecule has 0 amide bonds. The molecular weight excluding hydrogens is 751 g/mol. The molecule has 219 valence electrons. The maximum Gasteiger partial charge on any atom is 0.198 e. The van der Waals surface area contributed by atoms with Crippen molar-refractivity contribution in [1.82, 2.24) is 14.5 Å². The summed E-state index contributed by atoms with van der Waals surface area (Å²) in [5.41, 5.74) is 5.66. The molecule has 0 spiro atoms. The number of hydrogen-bond donors (Lipinski definition) is 0. The van der Waals surface area contributed by atoms with E-state index in [1.807, 2.05) is 60.7 Å². The van der Waals surface area contributed by atoms with Crippen molar-refractivity contribution in [3.8, 4) is 28.5 Å². The number of para-hydroxylation sites is 3. The van der Waals surface area contributed by atoms with Crippen LogP contribution < -0.4 is 0 Å². The van der Waals surface area contributed by atoms with Gasteiger partial charge in [0.15, 0.2) is 5.88 Å². The fourth-order valence-corrected chi connectivity index (χ4v) is 6.65. The standard InChI is InChI=1S/C27H15N2OS.C12H10N.Ir/c1-5-14-23-17(8-1)16-25(30-23)29-22-13-4-3-12-21(22)28-27(29)20-11-7-10-19-18-9-2-6-15-24(18)31-26(19)20;1-10-7-8-12(13-9-10)11-5-3-2-4-6-11;/h1-10,12-16H;2-5,7-9H,1H3;/q2*-1;/i;1D3;. The Balaban J connectivity index is 0.000000183. The van der Waals surface area contributed by atoms with Crippen molar-refractivity contribution in [2.45, 2.75) is 6.85 Å². The summed E-state index contributed by atoms with van der Waals surface area (Å²) in [5, 5.41) is 3.58. The second kappa shape index (κ2) is 12.3. The minimum absolute atomic E-state index is 0. The predicted molar refractivity (Wildman–Crippen MR) is 181 cm³/mol. The number of furan rings is 1. The molecule has 4 nitrogen and oxygen atoms in total. The zero-order valence-corrected chi connectivity index (χ0v) is 26.9. The van der Waals surface area contributed by atoms with E-state index in [2.05, 4.69) is 70.2 Å². The van der Waals surface area contributed by atoms with Gasteiger partial charge in [-0.2, -0.15) is 11.3 Å². The Bertz CT molecular complexity index is 2490. The molecule has 0 unspecified atom stereocenters. The molecule has 0 aliphatic heterocycles. The summed E-state index contributed by atoms with van der Waals surface area (Å²) in [7, 11) is 0. The van der Waals surface area contributed by atoms with Gasteiger partial charge in [0.05, 0.1) is 16.9 Å². The third-order valence-corrected chi connectivity index (χ3v) is 8.71. The smallest absolute Gasteiger partial charge is 0.198 e. The molecule has 4 aromatic heterocycles. The first-order valence-corrected chi connectivity index (χ1v) is 15.0. The second-order valence-electron chi connectivity index (χ2n) is 10.3. The molecule has 45 heavy (non-hydrogen) atoms. The van der Waals surface area contributed by atoms with Gasteiger partial charge in [-0.25, -0.2) is 0 Å². The topological polar surface area (TPSA) is 43.9 Å². The van der Waals surface area contributed by atoms with E-state index in [0.29, 0.717) is 0 Å². The summed E-state index contributed by atoms with van der Waals surface area (Å²) >= 11 is 1.79. The number of imidazole rings is 1. The molecule has 4 heterocycles. The Labute approximate surface area is 282 Å². The molecule has 9 rings (SSSR count). The van der Waals surface area contributed by atoms with Crippen LogP contribution in [-0.2, 0) is 20.1 Å². The molecule has 0 aliphatic carbocycles. The Morgan fingerprint density at radius 1 is 0.800 bits per heavy atom. The van der Waals surface area contributed by atoms with E-state index >= 15 is 0 Å². The summed E-state index contributed by atoms with van der Waals surface area (Å²) in [6.45, 7) is -2.09. The average molecular weight is 779 g/mol. The summed E-state index contributed by atoms with van der Waals surface area (Å²) in [5.74, 6) is 1.61. The van der Waals surface area contributed by atoms with Gasteiger partial charge in [0.2, 0.25) is 0 Å². The third-order valence-electron chi connectivity index (χ3n) is 7.50. The molecule has 0 saturated heterocycles. The summed E-state index contributed by atoms with van der Waals surface area (Å²) in [4.78, 5) is 9.15. The largest absolute Gasteiger partial charge is 0.441 e. The molecular formula is C39H25IrN3OS-2. The first-order chi connectivity index (χ1) is 22.9. The number of fused-ring (bicyclic) bond motifs is 5. The van der Waals surface area contributed by atoms with Gasteiger partial charge in [0.1, 0.15) is 5.58 Å². The second-order valence-corrected chi connectivity index (χ2v) is 11.3. The van der Waals surface area contributed by atoms with Crippen LogP contribution in [0.5, 0.6) is 0 Å². The van der Waals surface area contributed by atoms with Crippen LogP contribution in [0.3, 0.4) is 0 Å². The number of aromatic nitrogens is 3. The van der Waals surface area contributed by atoms with Gasteiger partial charge in [-0.05, 0) is 52.5 Å². The normalized spacial score (nSPS) is 12.3. The molecule has 0 aliphatic rings. The Hall–Kier alpha value is -4.87. The maximum atomic E-state index is 7.23. The zero-order valence-electron chi connectivity index (χ0n) is 26.7. The van der Waals surface area contributed by atoms with Crippen LogP contribution in [0.4, 0.5) is 0 Å².